The smallest absolute Gasteiger partial charge is 0.254 e. The highest BCUT2D eigenvalue weighted by Gasteiger charge is 2.19. The van der Waals surface area contributed by atoms with E-state index in [1.165, 1.54) is 31.2 Å². The van der Waals surface area contributed by atoms with Crippen molar-refractivity contribution < 1.29 is 19.2 Å². The SMILES string of the molecule is CC(=O)Nc1ccc(C(=O)N(CC(N)=O)CC(N)=O)cc1. The monoisotopic (exact) mass is 292 g/mol. The molecule has 1 aromatic rings. The number of carbonyl (C=O) groups excluding carboxylic acids is 4. The first-order valence-corrected chi connectivity index (χ1v) is 6.03. The molecular weight excluding hydrogens is 276 g/mol. The van der Waals surface area contributed by atoms with Crippen molar-refractivity contribution in [2.75, 3.05) is 18.4 Å². The predicted octanol–water partition coefficient (Wildman–Crippen LogP) is -0.942. The Morgan fingerprint density at radius 3 is 1.86 bits per heavy atom. The van der Waals surface area contributed by atoms with Gasteiger partial charge in [-0.2, -0.15) is 0 Å². The fraction of sp³-hybridized carbons (Fsp3) is 0.231. The molecule has 21 heavy (non-hydrogen) atoms. The van der Waals surface area contributed by atoms with Gasteiger partial charge in [0.25, 0.3) is 5.91 Å². The van der Waals surface area contributed by atoms with Crippen molar-refractivity contribution in [3.05, 3.63) is 29.8 Å². The third-order valence-electron chi connectivity index (χ3n) is 2.43. The van der Waals surface area contributed by atoms with Crippen LogP contribution in [-0.2, 0) is 14.4 Å². The minimum Gasteiger partial charge on any atom is -0.368 e. The summed E-state index contributed by atoms with van der Waals surface area (Å²) in [4.78, 5) is 45.9. The minimum absolute atomic E-state index is 0.238. The first-order valence-electron chi connectivity index (χ1n) is 6.03. The van der Waals surface area contributed by atoms with Gasteiger partial charge in [-0.05, 0) is 24.3 Å². The second-order valence-electron chi connectivity index (χ2n) is 4.35. The fourth-order valence-electron chi connectivity index (χ4n) is 1.66. The lowest BCUT2D eigenvalue weighted by Gasteiger charge is -2.19. The molecule has 5 N–H and O–H groups in total. The van der Waals surface area contributed by atoms with Gasteiger partial charge in [-0.3, -0.25) is 19.2 Å². The average Bonchev–Trinajstić information content (AvgIpc) is 2.36. The van der Waals surface area contributed by atoms with Gasteiger partial charge in [0.1, 0.15) is 13.1 Å². The summed E-state index contributed by atoms with van der Waals surface area (Å²) in [6.07, 6.45) is 0. The second-order valence-corrected chi connectivity index (χ2v) is 4.35. The molecule has 0 bridgehead atoms. The highest BCUT2D eigenvalue weighted by Crippen LogP contribution is 2.11. The van der Waals surface area contributed by atoms with Crippen molar-refractivity contribution in [3.8, 4) is 0 Å². The van der Waals surface area contributed by atoms with E-state index in [0.717, 1.165) is 4.90 Å². The summed E-state index contributed by atoms with van der Waals surface area (Å²) in [6, 6.07) is 5.98. The average molecular weight is 292 g/mol. The maximum atomic E-state index is 12.2. The zero-order chi connectivity index (χ0) is 16.0. The molecule has 0 saturated carbocycles. The molecule has 8 heteroatoms. The van der Waals surface area contributed by atoms with Crippen LogP contribution in [0.5, 0.6) is 0 Å². The molecule has 4 amide bonds. The molecule has 112 valence electrons. The van der Waals surface area contributed by atoms with E-state index in [9.17, 15) is 19.2 Å². The maximum absolute atomic E-state index is 12.2. The van der Waals surface area contributed by atoms with E-state index in [2.05, 4.69) is 5.32 Å². The highest BCUT2D eigenvalue weighted by atomic mass is 16.2. The number of hydrogen-bond donors (Lipinski definition) is 3. The van der Waals surface area contributed by atoms with Gasteiger partial charge in [0, 0.05) is 18.2 Å². The second kappa shape index (κ2) is 7.04. The van der Waals surface area contributed by atoms with Crippen LogP contribution in [0, 0.1) is 0 Å². The van der Waals surface area contributed by atoms with Gasteiger partial charge in [0.15, 0.2) is 0 Å². The summed E-state index contributed by atoms with van der Waals surface area (Å²) in [5.74, 6) is -2.29. The van der Waals surface area contributed by atoms with Crippen LogP contribution >= 0.6 is 0 Å². The molecular formula is C13H16N4O4. The molecule has 0 aliphatic rings. The van der Waals surface area contributed by atoms with E-state index in [0.29, 0.717) is 5.69 Å². The number of rotatable bonds is 6. The van der Waals surface area contributed by atoms with Gasteiger partial charge in [0.05, 0.1) is 0 Å². The Kier molecular flexibility index (Phi) is 5.41. The summed E-state index contributed by atoms with van der Waals surface area (Å²) in [7, 11) is 0. The van der Waals surface area contributed by atoms with Gasteiger partial charge >= 0.3 is 0 Å². The molecule has 0 aliphatic heterocycles. The largest absolute Gasteiger partial charge is 0.368 e. The predicted molar refractivity (Wildman–Crippen MR) is 75.0 cm³/mol. The highest BCUT2D eigenvalue weighted by molar-refractivity contribution is 5.99. The standard InChI is InChI=1S/C13H16N4O4/c1-8(18)16-10-4-2-9(3-5-10)13(21)17(6-11(14)19)7-12(15)20/h2-5H,6-7H2,1H3,(H2,14,19)(H2,15,20)(H,16,18). The van der Waals surface area contributed by atoms with Crippen LogP contribution in [0.3, 0.4) is 0 Å². The third-order valence-corrected chi connectivity index (χ3v) is 2.43. The lowest BCUT2D eigenvalue weighted by Crippen LogP contribution is -2.43. The summed E-state index contributed by atoms with van der Waals surface area (Å²) in [6.45, 7) is 0.547. The van der Waals surface area contributed by atoms with Crippen LogP contribution in [-0.4, -0.2) is 41.6 Å². The Balaban J connectivity index is 2.89. The number of anilines is 1. The van der Waals surface area contributed by atoms with Crippen molar-refractivity contribution in [2.24, 2.45) is 11.5 Å². The summed E-state index contributed by atoms with van der Waals surface area (Å²) in [5.41, 5.74) is 10.8. The number of hydrogen-bond acceptors (Lipinski definition) is 4. The Morgan fingerprint density at radius 2 is 1.48 bits per heavy atom. The Hall–Kier alpha value is -2.90. The number of carbonyl (C=O) groups is 4. The summed E-state index contributed by atoms with van der Waals surface area (Å²) >= 11 is 0. The van der Waals surface area contributed by atoms with Gasteiger partial charge < -0.3 is 21.7 Å². The number of primary amides is 2. The van der Waals surface area contributed by atoms with Crippen molar-refractivity contribution >= 4 is 29.3 Å². The first kappa shape index (κ1) is 16.2. The van der Waals surface area contributed by atoms with E-state index in [4.69, 9.17) is 11.5 Å². The molecule has 0 spiro atoms. The molecule has 0 aliphatic carbocycles. The van der Waals surface area contributed by atoms with E-state index in [-0.39, 0.29) is 11.5 Å². The molecule has 0 aromatic heterocycles. The van der Waals surface area contributed by atoms with Crippen LogP contribution < -0.4 is 16.8 Å². The topological polar surface area (TPSA) is 136 Å². The lowest BCUT2D eigenvalue weighted by molar-refractivity contribution is -0.121. The first-order chi connectivity index (χ1) is 9.79. The van der Waals surface area contributed by atoms with Gasteiger partial charge in [0.2, 0.25) is 17.7 Å². The number of amides is 4. The fourth-order valence-corrected chi connectivity index (χ4v) is 1.66. The van der Waals surface area contributed by atoms with Crippen LogP contribution in [0.15, 0.2) is 24.3 Å². The lowest BCUT2D eigenvalue weighted by atomic mass is 10.1. The van der Waals surface area contributed by atoms with Crippen LogP contribution in [0.1, 0.15) is 17.3 Å². The van der Waals surface area contributed by atoms with Crippen molar-refractivity contribution in [3.63, 3.8) is 0 Å². The van der Waals surface area contributed by atoms with Gasteiger partial charge in [-0.15, -0.1) is 0 Å². The number of nitrogens with zero attached hydrogens (tertiary/aromatic N) is 1. The molecule has 0 atom stereocenters. The van der Waals surface area contributed by atoms with Crippen molar-refractivity contribution in [1.29, 1.82) is 0 Å². The third kappa shape index (κ3) is 5.31. The van der Waals surface area contributed by atoms with E-state index in [1.54, 1.807) is 0 Å². The molecule has 0 heterocycles. The number of benzene rings is 1. The summed E-state index contributed by atoms with van der Waals surface area (Å²) < 4.78 is 0. The van der Waals surface area contributed by atoms with Gasteiger partial charge in [-0.25, -0.2) is 0 Å². The zero-order valence-electron chi connectivity index (χ0n) is 11.5. The zero-order valence-corrected chi connectivity index (χ0v) is 11.5. The Labute approximate surface area is 121 Å². The van der Waals surface area contributed by atoms with E-state index in [1.807, 2.05) is 0 Å². The van der Waals surface area contributed by atoms with E-state index >= 15 is 0 Å². The van der Waals surface area contributed by atoms with Crippen LogP contribution in [0.4, 0.5) is 5.69 Å². The van der Waals surface area contributed by atoms with E-state index < -0.39 is 30.8 Å². The molecule has 8 nitrogen and oxygen atoms in total. The Morgan fingerprint density at radius 1 is 1.00 bits per heavy atom. The summed E-state index contributed by atoms with van der Waals surface area (Å²) in [5, 5.41) is 2.55. The van der Waals surface area contributed by atoms with Crippen LogP contribution in [0.2, 0.25) is 0 Å². The molecule has 1 aromatic carbocycles. The molecule has 0 radical (unpaired) electrons. The quantitative estimate of drug-likeness (QED) is 0.623. The molecule has 1 rings (SSSR count). The van der Waals surface area contributed by atoms with Gasteiger partial charge in [-0.1, -0.05) is 0 Å². The number of nitrogens with one attached hydrogen (secondary N) is 1. The van der Waals surface area contributed by atoms with Crippen molar-refractivity contribution in [2.45, 2.75) is 6.92 Å². The molecule has 0 saturated heterocycles. The normalized spacial score (nSPS) is 9.76. The van der Waals surface area contributed by atoms with Crippen molar-refractivity contribution in [1.82, 2.24) is 4.90 Å². The number of nitrogens with two attached hydrogens (primary N) is 2. The maximum Gasteiger partial charge on any atom is 0.254 e. The Bertz CT molecular complexity index is 552. The molecule has 0 unspecified atom stereocenters. The minimum atomic E-state index is -0.750. The molecule has 0 fully saturated rings. The van der Waals surface area contributed by atoms with Crippen LogP contribution in [0.25, 0.3) is 0 Å².